The van der Waals surface area contributed by atoms with Crippen molar-refractivity contribution in [1.29, 1.82) is 0 Å². The molecule has 1 aromatic rings. The van der Waals surface area contributed by atoms with Crippen molar-refractivity contribution in [1.82, 2.24) is 9.80 Å². The number of carbonyl (C=O) groups is 1. The van der Waals surface area contributed by atoms with Crippen molar-refractivity contribution in [2.75, 3.05) is 45.1 Å². The number of nitrogens with zero attached hydrogens (tertiary/aromatic N) is 2. The molecule has 7 heteroatoms. The standard InChI is InChI=1S/C14H20F2N4O/c1-19-4-5-20(11(7-17)8-19)9-14(21)18-10-2-3-12(15)13(16)6-10/h2-3,6,11H,4-5,7-9,17H2,1H3,(H,18,21). The second-order valence-electron chi connectivity index (χ2n) is 5.30. The topological polar surface area (TPSA) is 61.6 Å². The molecule has 2 rings (SSSR count). The molecule has 1 amide bonds. The molecule has 1 aromatic carbocycles. The van der Waals surface area contributed by atoms with Crippen LogP contribution in [0.25, 0.3) is 0 Å². The summed E-state index contributed by atoms with van der Waals surface area (Å²) in [4.78, 5) is 16.2. The molecular weight excluding hydrogens is 278 g/mol. The normalized spacial score (nSPS) is 20.5. The van der Waals surface area contributed by atoms with Gasteiger partial charge in [0.05, 0.1) is 6.54 Å². The zero-order valence-electron chi connectivity index (χ0n) is 12.0. The number of carbonyl (C=O) groups excluding carboxylic acids is 1. The van der Waals surface area contributed by atoms with Crippen molar-refractivity contribution in [2.45, 2.75) is 6.04 Å². The smallest absolute Gasteiger partial charge is 0.238 e. The highest BCUT2D eigenvalue weighted by atomic mass is 19.2. The van der Waals surface area contributed by atoms with Gasteiger partial charge in [0.25, 0.3) is 0 Å². The van der Waals surface area contributed by atoms with Crippen molar-refractivity contribution in [3.63, 3.8) is 0 Å². The summed E-state index contributed by atoms with van der Waals surface area (Å²) in [5.74, 6) is -2.17. The van der Waals surface area contributed by atoms with Gasteiger partial charge in [0.1, 0.15) is 0 Å². The third kappa shape index (κ3) is 4.20. The number of hydrogen-bond donors (Lipinski definition) is 2. The molecule has 0 aliphatic carbocycles. The van der Waals surface area contributed by atoms with Gasteiger partial charge < -0.3 is 16.0 Å². The molecule has 1 saturated heterocycles. The van der Waals surface area contributed by atoms with Gasteiger partial charge in [-0.25, -0.2) is 8.78 Å². The molecule has 0 aromatic heterocycles. The van der Waals surface area contributed by atoms with Crippen LogP contribution in [0.2, 0.25) is 0 Å². The first-order chi connectivity index (χ1) is 9.99. The highest BCUT2D eigenvalue weighted by Gasteiger charge is 2.25. The number of amides is 1. The summed E-state index contributed by atoms with van der Waals surface area (Å²) in [6.07, 6.45) is 0. The molecule has 1 aliphatic heterocycles. The highest BCUT2D eigenvalue weighted by Crippen LogP contribution is 2.13. The lowest BCUT2D eigenvalue weighted by Gasteiger charge is -2.39. The van der Waals surface area contributed by atoms with Crippen LogP contribution in [0, 0.1) is 11.6 Å². The molecule has 1 aliphatic rings. The SMILES string of the molecule is CN1CCN(CC(=O)Nc2ccc(F)c(F)c2)C(CN)C1. The van der Waals surface area contributed by atoms with Crippen LogP contribution < -0.4 is 11.1 Å². The molecule has 5 nitrogen and oxygen atoms in total. The Morgan fingerprint density at radius 2 is 2.14 bits per heavy atom. The fourth-order valence-electron chi connectivity index (χ4n) is 2.44. The Bertz CT molecular complexity index is 512. The number of halogens is 2. The van der Waals surface area contributed by atoms with Gasteiger partial charge in [0, 0.05) is 44.0 Å². The largest absolute Gasteiger partial charge is 0.329 e. The van der Waals surface area contributed by atoms with Crippen molar-refractivity contribution in [3.8, 4) is 0 Å². The van der Waals surface area contributed by atoms with E-state index in [-0.39, 0.29) is 24.2 Å². The summed E-state index contributed by atoms with van der Waals surface area (Å²) in [5.41, 5.74) is 5.98. The van der Waals surface area contributed by atoms with E-state index in [9.17, 15) is 13.6 Å². The Hall–Kier alpha value is -1.57. The molecule has 0 radical (unpaired) electrons. The van der Waals surface area contributed by atoms with Gasteiger partial charge in [-0.3, -0.25) is 9.69 Å². The summed E-state index contributed by atoms with van der Waals surface area (Å²) in [6.45, 7) is 3.10. The van der Waals surface area contributed by atoms with Gasteiger partial charge in [-0.05, 0) is 19.2 Å². The molecule has 1 unspecified atom stereocenters. The van der Waals surface area contributed by atoms with E-state index in [2.05, 4.69) is 10.2 Å². The first-order valence-corrected chi connectivity index (χ1v) is 6.87. The van der Waals surface area contributed by atoms with E-state index in [1.165, 1.54) is 6.07 Å². The lowest BCUT2D eigenvalue weighted by atomic mass is 10.1. The molecule has 1 atom stereocenters. The third-order valence-corrected chi connectivity index (χ3v) is 3.63. The molecule has 0 spiro atoms. The Labute approximate surface area is 122 Å². The van der Waals surface area contributed by atoms with Gasteiger partial charge in [-0.2, -0.15) is 0 Å². The first-order valence-electron chi connectivity index (χ1n) is 6.87. The molecule has 1 fully saturated rings. The van der Waals surface area contributed by atoms with E-state index in [1.807, 2.05) is 11.9 Å². The Morgan fingerprint density at radius 3 is 2.81 bits per heavy atom. The summed E-state index contributed by atoms with van der Waals surface area (Å²) in [6, 6.07) is 3.42. The Morgan fingerprint density at radius 1 is 1.38 bits per heavy atom. The fraction of sp³-hybridized carbons (Fsp3) is 0.500. The Kier molecular flexibility index (Phi) is 5.22. The zero-order chi connectivity index (χ0) is 15.4. The summed E-state index contributed by atoms with van der Waals surface area (Å²) in [5, 5.41) is 2.57. The number of benzene rings is 1. The van der Waals surface area contributed by atoms with Crippen LogP contribution in [0.1, 0.15) is 0 Å². The third-order valence-electron chi connectivity index (χ3n) is 3.63. The maximum Gasteiger partial charge on any atom is 0.238 e. The van der Waals surface area contributed by atoms with Crippen molar-refractivity contribution < 1.29 is 13.6 Å². The second-order valence-corrected chi connectivity index (χ2v) is 5.30. The van der Waals surface area contributed by atoms with Gasteiger partial charge in [-0.15, -0.1) is 0 Å². The first kappa shape index (κ1) is 15.8. The van der Waals surface area contributed by atoms with Crippen molar-refractivity contribution in [2.24, 2.45) is 5.73 Å². The zero-order valence-corrected chi connectivity index (χ0v) is 12.0. The minimum atomic E-state index is -0.979. The number of anilines is 1. The van der Waals surface area contributed by atoms with Crippen LogP contribution in [-0.2, 0) is 4.79 Å². The lowest BCUT2D eigenvalue weighted by Crippen LogP contribution is -2.56. The second kappa shape index (κ2) is 6.93. The van der Waals surface area contributed by atoms with Gasteiger partial charge in [0.2, 0.25) is 5.91 Å². The van der Waals surface area contributed by atoms with E-state index in [0.717, 1.165) is 31.8 Å². The molecule has 116 valence electrons. The van der Waals surface area contributed by atoms with Gasteiger partial charge in [0.15, 0.2) is 11.6 Å². The van der Waals surface area contributed by atoms with Gasteiger partial charge >= 0.3 is 0 Å². The van der Waals surface area contributed by atoms with E-state index < -0.39 is 11.6 Å². The fourth-order valence-corrected chi connectivity index (χ4v) is 2.44. The van der Waals surface area contributed by atoms with Crippen molar-refractivity contribution >= 4 is 11.6 Å². The van der Waals surface area contributed by atoms with Crippen LogP contribution in [0.3, 0.4) is 0 Å². The lowest BCUT2D eigenvalue weighted by molar-refractivity contribution is -0.118. The predicted octanol–water partition coefficient (Wildman–Crippen LogP) is 0.478. The number of rotatable bonds is 4. The average Bonchev–Trinajstić information content (AvgIpc) is 2.44. The summed E-state index contributed by atoms with van der Waals surface area (Å²) < 4.78 is 25.9. The quantitative estimate of drug-likeness (QED) is 0.849. The maximum atomic E-state index is 13.1. The molecule has 0 saturated carbocycles. The Balaban J connectivity index is 1.93. The van der Waals surface area contributed by atoms with E-state index >= 15 is 0 Å². The van der Waals surface area contributed by atoms with Crippen LogP contribution in [-0.4, -0.2) is 61.5 Å². The van der Waals surface area contributed by atoms with Crippen LogP contribution in [0.15, 0.2) is 18.2 Å². The number of nitrogens with two attached hydrogens (primary N) is 1. The molecule has 3 N–H and O–H groups in total. The van der Waals surface area contributed by atoms with Crippen LogP contribution in [0.5, 0.6) is 0 Å². The van der Waals surface area contributed by atoms with Crippen LogP contribution in [0.4, 0.5) is 14.5 Å². The molecule has 21 heavy (non-hydrogen) atoms. The average molecular weight is 298 g/mol. The van der Waals surface area contributed by atoms with Crippen molar-refractivity contribution in [3.05, 3.63) is 29.8 Å². The minimum Gasteiger partial charge on any atom is -0.329 e. The number of likely N-dealkylation sites (N-methyl/N-ethyl adjacent to an activating group) is 1. The molecule has 0 bridgehead atoms. The highest BCUT2D eigenvalue weighted by molar-refractivity contribution is 5.92. The van der Waals surface area contributed by atoms with E-state index in [4.69, 9.17) is 5.73 Å². The predicted molar refractivity (Wildman–Crippen MR) is 76.9 cm³/mol. The number of nitrogens with one attached hydrogen (secondary N) is 1. The molecule has 1 heterocycles. The maximum absolute atomic E-state index is 13.1. The summed E-state index contributed by atoms with van der Waals surface area (Å²) >= 11 is 0. The monoisotopic (exact) mass is 298 g/mol. The molecular formula is C14H20F2N4O. The van der Waals surface area contributed by atoms with E-state index in [0.29, 0.717) is 6.54 Å². The number of hydrogen-bond acceptors (Lipinski definition) is 4. The van der Waals surface area contributed by atoms with E-state index in [1.54, 1.807) is 0 Å². The summed E-state index contributed by atoms with van der Waals surface area (Å²) in [7, 11) is 2.02. The minimum absolute atomic E-state index is 0.124. The van der Waals surface area contributed by atoms with Gasteiger partial charge in [-0.1, -0.05) is 0 Å². The number of piperazine rings is 1. The van der Waals surface area contributed by atoms with Crippen LogP contribution >= 0.6 is 0 Å².